The molecule has 0 saturated heterocycles. The van der Waals surface area contributed by atoms with Crippen molar-refractivity contribution in [2.24, 2.45) is 0 Å². The number of likely N-dealkylation sites (N-methyl/N-ethyl adjacent to an activating group) is 1. The SMILES string of the molecule is CC(C)Oc1ccc(C2=C(N(C)c3ccccc3)C(=O)N(Cc3ccc(F)cc3)C2=O)cc1. The highest BCUT2D eigenvalue weighted by atomic mass is 19.1. The van der Waals surface area contributed by atoms with Crippen molar-refractivity contribution >= 4 is 23.1 Å². The van der Waals surface area contributed by atoms with Crippen LogP contribution in [0.15, 0.2) is 84.6 Å². The summed E-state index contributed by atoms with van der Waals surface area (Å²) in [7, 11) is 1.77. The van der Waals surface area contributed by atoms with E-state index in [0.717, 1.165) is 5.69 Å². The predicted octanol–water partition coefficient (Wildman–Crippen LogP) is 5.03. The molecule has 0 spiro atoms. The maximum absolute atomic E-state index is 13.5. The van der Waals surface area contributed by atoms with Crippen LogP contribution in [-0.2, 0) is 16.1 Å². The molecule has 0 atom stereocenters. The fourth-order valence-electron chi connectivity index (χ4n) is 3.80. The van der Waals surface area contributed by atoms with Crippen LogP contribution < -0.4 is 9.64 Å². The van der Waals surface area contributed by atoms with Gasteiger partial charge < -0.3 is 9.64 Å². The maximum atomic E-state index is 13.5. The van der Waals surface area contributed by atoms with Gasteiger partial charge in [0.15, 0.2) is 0 Å². The summed E-state index contributed by atoms with van der Waals surface area (Å²) in [6, 6.07) is 22.4. The Morgan fingerprint density at radius 1 is 0.879 bits per heavy atom. The van der Waals surface area contributed by atoms with E-state index in [-0.39, 0.29) is 24.4 Å². The van der Waals surface area contributed by atoms with Crippen molar-refractivity contribution in [2.45, 2.75) is 26.5 Å². The first kappa shape index (κ1) is 22.3. The molecule has 0 aromatic heterocycles. The minimum atomic E-state index is -0.395. The van der Waals surface area contributed by atoms with Crippen molar-refractivity contribution in [1.29, 1.82) is 0 Å². The van der Waals surface area contributed by atoms with Gasteiger partial charge in [-0.25, -0.2) is 4.39 Å². The summed E-state index contributed by atoms with van der Waals surface area (Å²) >= 11 is 0. The number of nitrogens with zero attached hydrogens (tertiary/aromatic N) is 2. The van der Waals surface area contributed by atoms with Crippen molar-refractivity contribution in [3.63, 3.8) is 0 Å². The van der Waals surface area contributed by atoms with E-state index in [1.54, 1.807) is 48.3 Å². The minimum Gasteiger partial charge on any atom is -0.491 e. The molecule has 4 rings (SSSR count). The fourth-order valence-corrected chi connectivity index (χ4v) is 3.80. The Bertz CT molecular complexity index is 1190. The van der Waals surface area contributed by atoms with E-state index in [2.05, 4.69) is 0 Å². The second-order valence-electron chi connectivity index (χ2n) is 8.13. The smallest absolute Gasteiger partial charge is 0.278 e. The Morgan fingerprint density at radius 2 is 1.52 bits per heavy atom. The van der Waals surface area contributed by atoms with Crippen LogP contribution in [0.3, 0.4) is 0 Å². The normalized spacial score (nSPS) is 13.8. The fraction of sp³-hybridized carbons (Fsp3) is 0.185. The first-order valence-electron chi connectivity index (χ1n) is 10.8. The lowest BCUT2D eigenvalue weighted by Crippen LogP contribution is -2.33. The third-order valence-corrected chi connectivity index (χ3v) is 5.39. The van der Waals surface area contributed by atoms with Crippen LogP contribution in [0.4, 0.5) is 10.1 Å². The molecule has 1 heterocycles. The molecule has 0 aliphatic carbocycles. The number of amides is 2. The van der Waals surface area contributed by atoms with E-state index in [9.17, 15) is 14.0 Å². The van der Waals surface area contributed by atoms with Gasteiger partial charge in [0.25, 0.3) is 11.8 Å². The number of hydrogen-bond donors (Lipinski definition) is 0. The quantitative estimate of drug-likeness (QED) is 0.480. The molecule has 1 aliphatic heterocycles. The Hall–Kier alpha value is -3.93. The van der Waals surface area contributed by atoms with Crippen LogP contribution in [0.1, 0.15) is 25.0 Å². The molecule has 1 aliphatic rings. The Morgan fingerprint density at radius 3 is 2.12 bits per heavy atom. The van der Waals surface area contributed by atoms with E-state index >= 15 is 0 Å². The average molecular weight is 445 g/mol. The molecule has 3 aromatic carbocycles. The number of imide groups is 1. The summed E-state index contributed by atoms with van der Waals surface area (Å²) in [5.41, 5.74) is 2.70. The van der Waals surface area contributed by atoms with Crippen LogP contribution in [0.25, 0.3) is 5.57 Å². The van der Waals surface area contributed by atoms with Crippen LogP contribution in [0.5, 0.6) is 5.75 Å². The molecule has 33 heavy (non-hydrogen) atoms. The first-order valence-corrected chi connectivity index (χ1v) is 10.8. The molecular formula is C27H25FN2O3. The van der Waals surface area contributed by atoms with Crippen LogP contribution in [0.2, 0.25) is 0 Å². The van der Waals surface area contributed by atoms with Crippen molar-refractivity contribution in [3.8, 4) is 5.75 Å². The highest BCUT2D eigenvalue weighted by molar-refractivity contribution is 6.36. The zero-order valence-electron chi connectivity index (χ0n) is 18.8. The molecule has 168 valence electrons. The Balaban J connectivity index is 1.74. The summed E-state index contributed by atoms with van der Waals surface area (Å²) in [6.45, 7) is 3.94. The van der Waals surface area contributed by atoms with Gasteiger partial charge >= 0.3 is 0 Å². The van der Waals surface area contributed by atoms with E-state index < -0.39 is 5.91 Å². The molecule has 0 radical (unpaired) electrons. The van der Waals surface area contributed by atoms with Crippen LogP contribution in [0, 0.1) is 5.82 Å². The molecule has 3 aromatic rings. The lowest BCUT2D eigenvalue weighted by molar-refractivity contribution is -0.137. The first-order chi connectivity index (χ1) is 15.8. The van der Waals surface area contributed by atoms with Crippen molar-refractivity contribution in [1.82, 2.24) is 4.90 Å². The van der Waals surface area contributed by atoms with Gasteiger partial charge in [-0.2, -0.15) is 0 Å². The van der Waals surface area contributed by atoms with Gasteiger partial charge in [-0.05, 0) is 61.4 Å². The number of hydrogen-bond acceptors (Lipinski definition) is 4. The van der Waals surface area contributed by atoms with Gasteiger partial charge in [-0.15, -0.1) is 0 Å². The summed E-state index contributed by atoms with van der Waals surface area (Å²) in [6.07, 6.45) is 0.0238. The number of rotatable bonds is 7. The lowest BCUT2D eigenvalue weighted by atomic mass is 10.0. The number of anilines is 1. The molecule has 0 unspecified atom stereocenters. The topological polar surface area (TPSA) is 49.9 Å². The molecule has 5 nitrogen and oxygen atoms in total. The zero-order valence-corrected chi connectivity index (χ0v) is 18.8. The van der Waals surface area contributed by atoms with E-state index in [1.807, 2.05) is 44.2 Å². The van der Waals surface area contributed by atoms with Crippen molar-refractivity contribution < 1.29 is 18.7 Å². The van der Waals surface area contributed by atoms with Gasteiger partial charge in [0.2, 0.25) is 0 Å². The predicted molar refractivity (Wildman–Crippen MR) is 126 cm³/mol. The Labute approximate surface area is 192 Å². The molecule has 2 amide bonds. The second kappa shape index (κ2) is 9.28. The summed E-state index contributed by atoms with van der Waals surface area (Å²) in [5.74, 6) is -0.468. The molecule has 0 bridgehead atoms. The molecule has 6 heteroatoms. The van der Waals surface area contributed by atoms with Gasteiger partial charge in [0, 0.05) is 12.7 Å². The standard InChI is InChI=1S/C27H25FN2O3/c1-18(2)33-23-15-11-20(12-16-23)24-25(29(3)22-7-5-4-6-8-22)27(32)30(26(24)31)17-19-9-13-21(28)14-10-19/h4-16,18H,17H2,1-3H3. The third kappa shape index (κ3) is 4.65. The highest BCUT2D eigenvalue weighted by Gasteiger charge is 2.41. The number of carbonyl (C=O) groups excluding carboxylic acids is 2. The van der Waals surface area contributed by atoms with Gasteiger partial charge in [0.1, 0.15) is 17.3 Å². The lowest BCUT2D eigenvalue weighted by Gasteiger charge is -2.21. The average Bonchev–Trinajstić information content (AvgIpc) is 3.05. The summed E-state index contributed by atoms with van der Waals surface area (Å²) in [5, 5.41) is 0. The summed E-state index contributed by atoms with van der Waals surface area (Å²) in [4.78, 5) is 30.0. The second-order valence-corrected chi connectivity index (χ2v) is 8.13. The van der Waals surface area contributed by atoms with E-state index in [1.165, 1.54) is 17.0 Å². The number of para-hydroxylation sites is 1. The van der Waals surface area contributed by atoms with Crippen molar-refractivity contribution in [2.75, 3.05) is 11.9 Å². The van der Waals surface area contributed by atoms with Crippen LogP contribution in [-0.4, -0.2) is 29.9 Å². The highest BCUT2D eigenvalue weighted by Crippen LogP contribution is 2.35. The number of carbonyl (C=O) groups is 2. The molecule has 0 N–H and O–H groups in total. The largest absolute Gasteiger partial charge is 0.491 e. The van der Waals surface area contributed by atoms with Crippen molar-refractivity contribution in [3.05, 3.63) is 102 Å². The summed E-state index contributed by atoms with van der Waals surface area (Å²) < 4.78 is 19.0. The maximum Gasteiger partial charge on any atom is 0.278 e. The monoisotopic (exact) mass is 444 g/mol. The molecule has 0 fully saturated rings. The minimum absolute atomic E-state index is 0.0238. The van der Waals surface area contributed by atoms with Gasteiger partial charge in [0.05, 0.1) is 18.2 Å². The van der Waals surface area contributed by atoms with Gasteiger partial charge in [-0.1, -0.05) is 42.5 Å². The van der Waals surface area contributed by atoms with Gasteiger partial charge in [-0.3, -0.25) is 14.5 Å². The Kier molecular flexibility index (Phi) is 6.27. The van der Waals surface area contributed by atoms with E-state index in [4.69, 9.17) is 4.74 Å². The molecule has 0 saturated carbocycles. The zero-order chi connectivity index (χ0) is 23.5. The number of halogens is 1. The number of ether oxygens (including phenoxy) is 1. The molecular weight excluding hydrogens is 419 g/mol. The van der Waals surface area contributed by atoms with E-state index in [0.29, 0.717) is 28.1 Å². The third-order valence-electron chi connectivity index (χ3n) is 5.39. The number of benzene rings is 3. The van der Waals surface area contributed by atoms with Crippen LogP contribution >= 0.6 is 0 Å².